The Hall–Kier alpha value is -1.73. The molecule has 21 heavy (non-hydrogen) atoms. The molecule has 2 heterocycles. The van der Waals surface area contributed by atoms with E-state index in [0.29, 0.717) is 21.5 Å². The molecule has 2 rings (SSSR count). The Kier molecular flexibility index (Phi) is 5.46. The van der Waals surface area contributed by atoms with Crippen LogP contribution in [0.2, 0.25) is 5.02 Å². The minimum absolute atomic E-state index is 0.301. The Morgan fingerprint density at radius 2 is 2.19 bits per heavy atom. The Morgan fingerprint density at radius 3 is 2.81 bits per heavy atom. The van der Waals surface area contributed by atoms with Crippen LogP contribution in [-0.4, -0.2) is 27.6 Å². The number of nitrogens with zero attached hydrogens (tertiary/aromatic N) is 3. The minimum Gasteiger partial charge on any atom is -0.369 e. The number of carbonyl (C=O) groups excluding carboxylic acids is 1. The van der Waals surface area contributed by atoms with E-state index in [-0.39, 0.29) is 5.91 Å². The first-order valence-electron chi connectivity index (χ1n) is 6.67. The van der Waals surface area contributed by atoms with Crippen LogP contribution in [0.4, 0.5) is 10.9 Å². The number of hydrogen-bond acceptors (Lipinski definition) is 6. The van der Waals surface area contributed by atoms with Crippen LogP contribution in [0.1, 0.15) is 35.6 Å². The highest BCUT2D eigenvalue weighted by Crippen LogP contribution is 2.21. The van der Waals surface area contributed by atoms with E-state index in [1.54, 1.807) is 6.07 Å². The highest BCUT2D eigenvalue weighted by Gasteiger charge is 2.12. The molecule has 0 aliphatic carbocycles. The van der Waals surface area contributed by atoms with Gasteiger partial charge in [-0.25, -0.2) is 4.98 Å². The van der Waals surface area contributed by atoms with Crippen molar-refractivity contribution in [1.82, 2.24) is 15.2 Å². The number of nitrogens with one attached hydrogen (secondary N) is 2. The van der Waals surface area contributed by atoms with E-state index in [0.717, 1.165) is 24.4 Å². The topological polar surface area (TPSA) is 79.8 Å². The summed E-state index contributed by atoms with van der Waals surface area (Å²) in [4.78, 5) is 16.3. The SMILES string of the molecule is CCCNc1ncc(C(=O)Nc2nnc(CC)s2)cc1Cl. The highest BCUT2D eigenvalue weighted by molar-refractivity contribution is 7.15. The van der Waals surface area contributed by atoms with Crippen molar-refractivity contribution in [2.24, 2.45) is 0 Å². The first kappa shape index (κ1) is 15.7. The predicted molar refractivity (Wildman–Crippen MR) is 85.3 cm³/mol. The normalized spacial score (nSPS) is 10.4. The van der Waals surface area contributed by atoms with Crippen molar-refractivity contribution in [2.45, 2.75) is 26.7 Å². The summed E-state index contributed by atoms with van der Waals surface area (Å²) in [7, 11) is 0. The molecule has 2 aromatic rings. The zero-order valence-electron chi connectivity index (χ0n) is 11.8. The Bertz CT molecular complexity index is 631. The van der Waals surface area contributed by atoms with E-state index >= 15 is 0 Å². The van der Waals surface area contributed by atoms with Crippen molar-refractivity contribution < 1.29 is 4.79 Å². The van der Waals surface area contributed by atoms with Gasteiger partial charge in [0.15, 0.2) is 0 Å². The molecule has 2 N–H and O–H groups in total. The second-order valence-corrected chi connectivity index (χ2v) is 5.76. The van der Waals surface area contributed by atoms with Crippen molar-refractivity contribution in [1.29, 1.82) is 0 Å². The summed E-state index contributed by atoms with van der Waals surface area (Å²) in [5.74, 6) is 0.282. The number of anilines is 2. The van der Waals surface area contributed by atoms with E-state index in [4.69, 9.17) is 11.6 Å². The number of aromatic nitrogens is 3. The number of halogens is 1. The van der Waals surface area contributed by atoms with Gasteiger partial charge in [0, 0.05) is 12.7 Å². The van der Waals surface area contributed by atoms with Crippen LogP contribution < -0.4 is 10.6 Å². The van der Waals surface area contributed by atoms with Gasteiger partial charge >= 0.3 is 0 Å². The summed E-state index contributed by atoms with van der Waals surface area (Å²) in [6.45, 7) is 4.82. The van der Waals surface area contributed by atoms with Crippen LogP contribution in [-0.2, 0) is 6.42 Å². The minimum atomic E-state index is -0.301. The molecule has 6 nitrogen and oxygen atoms in total. The molecule has 0 saturated carbocycles. The molecule has 0 atom stereocenters. The fraction of sp³-hybridized carbons (Fsp3) is 0.385. The number of carbonyl (C=O) groups is 1. The number of amides is 1. The summed E-state index contributed by atoms with van der Waals surface area (Å²) in [5.41, 5.74) is 0.385. The van der Waals surface area contributed by atoms with Crippen molar-refractivity contribution >= 4 is 39.8 Å². The largest absolute Gasteiger partial charge is 0.369 e. The molecule has 112 valence electrons. The molecule has 0 aromatic carbocycles. The molecule has 2 aromatic heterocycles. The first-order valence-corrected chi connectivity index (χ1v) is 7.86. The third kappa shape index (κ3) is 4.12. The van der Waals surface area contributed by atoms with Crippen molar-refractivity contribution in [3.05, 3.63) is 27.9 Å². The van der Waals surface area contributed by atoms with Crippen LogP contribution in [0.3, 0.4) is 0 Å². The summed E-state index contributed by atoms with van der Waals surface area (Å²) < 4.78 is 0. The summed E-state index contributed by atoms with van der Waals surface area (Å²) in [5, 5.41) is 15.4. The van der Waals surface area contributed by atoms with Gasteiger partial charge in [-0.3, -0.25) is 10.1 Å². The average molecular weight is 326 g/mol. The lowest BCUT2D eigenvalue weighted by atomic mass is 10.2. The quantitative estimate of drug-likeness (QED) is 0.852. The fourth-order valence-corrected chi connectivity index (χ4v) is 2.46. The van der Waals surface area contributed by atoms with Gasteiger partial charge in [0.2, 0.25) is 5.13 Å². The molecular formula is C13H16ClN5OS. The molecule has 0 spiro atoms. The molecular weight excluding hydrogens is 310 g/mol. The van der Waals surface area contributed by atoms with E-state index in [1.165, 1.54) is 17.5 Å². The molecule has 0 aliphatic rings. The van der Waals surface area contributed by atoms with E-state index in [9.17, 15) is 4.79 Å². The maximum atomic E-state index is 12.1. The average Bonchev–Trinajstić information content (AvgIpc) is 2.93. The van der Waals surface area contributed by atoms with Gasteiger partial charge in [-0.05, 0) is 18.9 Å². The number of aryl methyl sites for hydroxylation is 1. The third-order valence-corrected chi connectivity index (χ3v) is 3.91. The van der Waals surface area contributed by atoms with Gasteiger partial charge in [0.1, 0.15) is 10.8 Å². The fourth-order valence-electron chi connectivity index (χ4n) is 1.55. The molecule has 8 heteroatoms. The predicted octanol–water partition coefficient (Wildman–Crippen LogP) is 3.22. The second-order valence-electron chi connectivity index (χ2n) is 4.29. The van der Waals surface area contributed by atoms with Crippen LogP contribution in [0.5, 0.6) is 0 Å². The summed E-state index contributed by atoms with van der Waals surface area (Å²) in [6, 6.07) is 1.59. The zero-order valence-corrected chi connectivity index (χ0v) is 13.4. The maximum Gasteiger partial charge on any atom is 0.259 e. The molecule has 0 fully saturated rings. The second kappa shape index (κ2) is 7.33. The lowest BCUT2D eigenvalue weighted by Crippen LogP contribution is -2.13. The van der Waals surface area contributed by atoms with Gasteiger partial charge in [-0.1, -0.05) is 36.8 Å². The third-order valence-electron chi connectivity index (χ3n) is 2.64. The zero-order chi connectivity index (χ0) is 15.2. The molecule has 0 unspecified atom stereocenters. The number of rotatable bonds is 6. The van der Waals surface area contributed by atoms with Gasteiger partial charge in [0.05, 0.1) is 10.6 Å². The molecule has 0 saturated heterocycles. The van der Waals surface area contributed by atoms with Crippen molar-refractivity contribution in [3.63, 3.8) is 0 Å². The van der Waals surface area contributed by atoms with E-state index < -0.39 is 0 Å². The lowest BCUT2D eigenvalue weighted by Gasteiger charge is -2.07. The van der Waals surface area contributed by atoms with Crippen LogP contribution in [0.25, 0.3) is 0 Å². The summed E-state index contributed by atoms with van der Waals surface area (Å²) in [6.07, 6.45) is 3.25. The van der Waals surface area contributed by atoms with Crippen LogP contribution in [0, 0.1) is 0 Å². The molecule has 0 bridgehead atoms. The Morgan fingerprint density at radius 1 is 1.38 bits per heavy atom. The smallest absolute Gasteiger partial charge is 0.259 e. The van der Waals surface area contributed by atoms with E-state index in [1.807, 2.05) is 6.92 Å². The highest BCUT2D eigenvalue weighted by atomic mass is 35.5. The monoisotopic (exact) mass is 325 g/mol. The van der Waals surface area contributed by atoms with Crippen molar-refractivity contribution in [3.8, 4) is 0 Å². The van der Waals surface area contributed by atoms with Gasteiger partial charge in [0.25, 0.3) is 5.91 Å². The van der Waals surface area contributed by atoms with Crippen LogP contribution >= 0.6 is 22.9 Å². The lowest BCUT2D eigenvalue weighted by molar-refractivity contribution is 0.102. The molecule has 0 aliphatic heterocycles. The molecule has 0 radical (unpaired) electrons. The Balaban J connectivity index is 2.06. The van der Waals surface area contributed by atoms with Gasteiger partial charge in [-0.15, -0.1) is 10.2 Å². The standard InChI is InChI=1S/C13H16ClN5OS/c1-3-5-15-11-9(14)6-8(7-16-11)12(20)17-13-19-18-10(4-2)21-13/h6-7H,3-5H2,1-2H3,(H,15,16)(H,17,19,20). The van der Waals surface area contributed by atoms with Gasteiger partial charge < -0.3 is 5.32 Å². The van der Waals surface area contributed by atoms with Crippen LogP contribution in [0.15, 0.2) is 12.3 Å². The number of pyridine rings is 1. The van der Waals surface area contributed by atoms with Gasteiger partial charge in [-0.2, -0.15) is 0 Å². The van der Waals surface area contributed by atoms with Crippen molar-refractivity contribution in [2.75, 3.05) is 17.2 Å². The maximum absolute atomic E-state index is 12.1. The first-order chi connectivity index (χ1) is 10.1. The summed E-state index contributed by atoms with van der Waals surface area (Å²) >= 11 is 7.46. The Labute approximate surface area is 132 Å². The van der Waals surface area contributed by atoms with E-state index in [2.05, 4.69) is 32.7 Å². The molecule has 1 amide bonds. The number of hydrogen-bond donors (Lipinski definition) is 2.